The van der Waals surface area contributed by atoms with E-state index < -0.39 is 0 Å². The summed E-state index contributed by atoms with van der Waals surface area (Å²) in [4.78, 5) is 14.5. The van der Waals surface area contributed by atoms with Gasteiger partial charge < -0.3 is 0 Å². The number of hydrogen-bond acceptors (Lipinski definition) is 4. The average molecular weight is 425 g/mol. The van der Waals surface area contributed by atoms with Gasteiger partial charge >= 0.3 is 0 Å². The number of hydrogen-bond donors (Lipinski definition) is 1. The number of carbonyl (C=O) groups is 1. The van der Waals surface area contributed by atoms with Gasteiger partial charge in [0.1, 0.15) is 0 Å². The Kier molecular flexibility index (Phi) is 7.79. The summed E-state index contributed by atoms with van der Waals surface area (Å²) in [7, 11) is 0. The second-order valence-corrected chi connectivity index (χ2v) is 8.50. The molecule has 6 heteroatoms. The molecule has 3 rings (SSSR count). The maximum absolute atomic E-state index is 12.3. The van der Waals surface area contributed by atoms with Crippen molar-refractivity contribution < 1.29 is 4.79 Å². The predicted molar refractivity (Wildman–Crippen MR) is 120 cm³/mol. The van der Waals surface area contributed by atoms with E-state index in [2.05, 4.69) is 10.5 Å². The topological polar surface area (TPSA) is 41.5 Å². The monoisotopic (exact) mass is 424 g/mol. The van der Waals surface area contributed by atoms with Crippen LogP contribution in [0.4, 0.5) is 0 Å². The zero-order valence-corrected chi connectivity index (χ0v) is 17.2. The lowest BCUT2D eigenvalue weighted by atomic mass is 10.2. The molecule has 0 aromatic heterocycles. The van der Waals surface area contributed by atoms with Crippen LogP contribution in [0.2, 0.25) is 5.02 Å². The summed E-state index contributed by atoms with van der Waals surface area (Å²) in [6.07, 6.45) is 3.14. The van der Waals surface area contributed by atoms with Crippen molar-refractivity contribution in [2.75, 3.05) is 0 Å². The summed E-state index contributed by atoms with van der Waals surface area (Å²) in [5.74, 6) is -0.285. The summed E-state index contributed by atoms with van der Waals surface area (Å²) in [5.41, 5.74) is 3.40. The molecule has 0 aliphatic carbocycles. The summed E-state index contributed by atoms with van der Waals surface area (Å²) >= 11 is 8.94. The molecule has 0 radical (unpaired) electrons. The Balaban J connectivity index is 1.69. The Labute approximate surface area is 177 Å². The van der Waals surface area contributed by atoms with Crippen molar-refractivity contribution in [3.8, 4) is 0 Å². The van der Waals surface area contributed by atoms with Crippen LogP contribution in [0.1, 0.15) is 5.56 Å². The average Bonchev–Trinajstić information content (AvgIpc) is 2.71. The van der Waals surface area contributed by atoms with E-state index in [1.54, 1.807) is 47.9 Å². The highest BCUT2D eigenvalue weighted by Crippen LogP contribution is 2.38. The lowest BCUT2D eigenvalue weighted by Gasteiger charge is -2.07. The minimum Gasteiger partial charge on any atom is -0.268 e. The van der Waals surface area contributed by atoms with Crippen LogP contribution >= 0.6 is 35.1 Å². The third-order valence-electron chi connectivity index (χ3n) is 3.43. The van der Waals surface area contributed by atoms with Gasteiger partial charge in [0.25, 0.3) is 5.91 Å². The minimum absolute atomic E-state index is 0.285. The lowest BCUT2D eigenvalue weighted by molar-refractivity contribution is -0.116. The fourth-order valence-electron chi connectivity index (χ4n) is 2.15. The van der Waals surface area contributed by atoms with E-state index in [0.29, 0.717) is 5.02 Å². The molecule has 0 spiro atoms. The van der Waals surface area contributed by atoms with Crippen LogP contribution in [0.3, 0.4) is 0 Å². The van der Waals surface area contributed by atoms with Crippen LogP contribution in [0.5, 0.6) is 0 Å². The van der Waals surface area contributed by atoms with Gasteiger partial charge in [0.15, 0.2) is 0 Å². The molecule has 3 aromatic carbocycles. The molecule has 1 amide bonds. The molecule has 140 valence electrons. The van der Waals surface area contributed by atoms with Crippen molar-refractivity contribution in [3.05, 3.63) is 106 Å². The molecule has 0 heterocycles. The van der Waals surface area contributed by atoms with Gasteiger partial charge in [-0.25, -0.2) is 5.43 Å². The highest BCUT2D eigenvalue weighted by Gasteiger charge is 2.07. The summed E-state index contributed by atoms with van der Waals surface area (Å²) < 4.78 is 0.858. The molecule has 0 fully saturated rings. The molecule has 0 saturated heterocycles. The van der Waals surface area contributed by atoms with Crippen LogP contribution in [-0.4, -0.2) is 12.1 Å². The summed E-state index contributed by atoms with van der Waals surface area (Å²) in [6.45, 7) is 0. The van der Waals surface area contributed by atoms with Gasteiger partial charge in [-0.1, -0.05) is 83.7 Å². The number of amides is 1. The molecule has 0 aliphatic heterocycles. The molecule has 0 atom stereocenters. The second-order valence-electron chi connectivity index (χ2n) is 5.58. The van der Waals surface area contributed by atoms with Gasteiger partial charge in [-0.2, -0.15) is 5.10 Å². The third-order valence-corrected chi connectivity index (χ3v) is 5.84. The molecule has 0 unspecified atom stereocenters. The highest BCUT2D eigenvalue weighted by atomic mass is 35.5. The van der Waals surface area contributed by atoms with Gasteiger partial charge in [0.05, 0.1) is 10.5 Å². The van der Waals surface area contributed by atoms with Crippen molar-refractivity contribution in [3.63, 3.8) is 0 Å². The Morgan fingerprint density at radius 3 is 1.89 bits per heavy atom. The fraction of sp³-hybridized carbons (Fsp3) is 0. The molecule has 0 saturated carbocycles. The van der Waals surface area contributed by atoms with Crippen molar-refractivity contribution in [2.24, 2.45) is 5.10 Å². The molecular formula is C22H17ClN2OS2. The first-order valence-electron chi connectivity index (χ1n) is 8.45. The minimum atomic E-state index is -0.285. The third kappa shape index (κ3) is 6.93. The first-order valence-corrected chi connectivity index (χ1v) is 10.5. The molecule has 28 heavy (non-hydrogen) atoms. The van der Waals surface area contributed by atoms with E-state index in [4.69, 9.17) is 11.6 Å². The van der Waals surface area contributed by atoms with Crippen molar-refractivity contribution in [1.82, 2.24) is 5.43 Å². The van der Waals surface area contributed by atoms with Crippen molar-refractivity contribution >= 4 is 47.2 Å². The molecule has 3 nitrogen and oxygen atoms in total. The number of nitrogens with zero attached hydrogens (tertiary/aromatic N) is 1. The number of thioether (sulfide) groups is 2. The van der Waals surface area contributed by atoms with Crippen LogP contribution in [0.15, 0.2) is 110 Å². The van der Waals surface area contributed by atoms with E-state index in [0.717, 1.165) is 19.6 Å². The van der Waals surface area contributed by atoms with Gasteiger partial charge in [-0.15, -0.1) is 0 Å². The van der Waals surface area contributed by atoms with Crippen LogP contribution in [0, 0.1) is 0 Å². The maximum Gasteiger partial charge on any atom is 0.265 e. The summed E-state index contributed by atoms with van der Waals surface area (Å²) in [6, 6.07) is 27.1. The SMILES string of the molecule is O=C(C=C(Sc1ccccc1)Sc1ccccc1)N/N=C/c1ccc(Cl)cc1. The van der Waals surface area contributed by atoms with Crippen LogP contribution in [-0.2, 0) is 4.79 Å². The number of nitrogens with one attached hydrogen (secondary N) is 1. The number of rotatable bonds is 7. The Morgan fingerprint density at radius 1 is 0.821 bits per heavy atom. The normalized spacial score (nSPS) is 10.6. The van der Waals surface area contributed by atoms with Crippen LogP contribution in [0.25, 0.3) is 0 Å². The van der Waals surface area contributed by atoms with Gasteiger partial charge in [0, 0.05) is 20.9 Å². The van der Waals surface area contributed by atoms with Gasteiger partial charge in [0.2, 0.25) is 0 Å². The lowest BCUT2D eigenvalue weighted by Crippen LogP contribution is -2.14. The highest BCUT2D eigenvalue weighted by molar-refractivity contribution is 8.22. The first kappa shape index (κ1) is 20.3. The number of carbonyl (C=O) groups excluding carboxylic acids is 1. The predicted octanol–water partition coefficient (Wildman–Crippen LogP) is 6.22. The number of hydrazone groups is 1. The van der Waals surface area contributed by atoms with Crippen LogP contribution < -0.4 is 5.43 Å². The number of benzene rings is 3. The molecule has 1 N–H and O–H groups in total. The molecule has 0 aliphatic rings. The quantitative estimate of drug-likeness (QED) is 0.212. The molecule has 3 aromatic rings. The second kappa shape index (κ2) is 10.8. The van der Waals surface area contributed by atoms with E-state index >= 15 is 0 Å². The number of halogens is 1. The van der Waals surface area contributed by atoms with E-state index in [-0.39, 0.29) is 5.91 Å². The molecular weight excluding hydrogens is 408 g/mol. The zero-order chi connectivity index (χ0) is 19.6. The summed E-state index contributed by atoms with van der Waals surface area (Å²) in [5, 5.41) is 4.66. The Bertz CT molecular complexity index is 915. The van der Waals surface area contributed by atoms with E-state index in [1.807, 2.05) is 72.8 Å². The fourth-order valence-corrected chi connectivity index (χ4v) is 4.40. The van der Waals surface area contributed by atoms with Gasteiger partial charge in [-0.05, 0) is 42.0 Å². The van der Waals surface area contributed by atoms with Crippen molar-refractivity contribution in [1.29, 1.82) is 0 Å². The smallest absolute Gasteiger partial charge is 0.265 e. The first-order chi connectivity index (χ1) is 13.7. The van der Waals surface area contributed by atoms with E-state index in [9.17, 15) is 4.79 Å². The van der Waals surface area contributed by atoms with Crippen molar-refractivity contribution in [2.45, 2.75) is 9.79 Å². The largest absolute Gasteiger partial charge is 0.268 e. The van der Waals surface area contributed by atoms with Gasteiger partial charge in [-0.3, -0.25) is 4.79 Å². The Hall–Kier alpha value is -2.47. The maximum atomic E-state index is 12.3. The Morgan fingerprint density at radius 2 is 1.36 bits per heavy atom. The van der Waals surface area contributed by atoms with E-state index in [1.165, 1.54) is 0 Å². The standard InChI is InChI=1S/C22H17ClN2OS2/c23-18-13-11-17(12-14-18)16-24-25-21(26)15-22(27-19-7-3-1-4-8-19)28-20-9-5-2-6-10-20/h1-16H,(H,25,26)/b24-16+. The zero-order valence-electron chi connectivity index (χ0n) is 14.8. The molecule has 0 bridgehead atoms.